The highest BCUT2D eigenvalue weighted by molar-refractivity contribution is 5.29. The second-order valence-corrected chi connectivity index (χ2v) is 2.80. The van der Waals surface area contributed by atoms with Gasteiger partial charge in [-0.2, -0.15) is 4.98 Å². The highest BCUT2D eigenvalue weighted by Gasteiger charge is 2.08. The summed E-state index contributed by atoms with van der Waals surface area (Å²) in [6, 6.07) is 0.235. The first-order chi connectivity index (χ1) is 6.69. The van der Waals surface area contributed by atoms with Gasteiger partial charge in [-0.15, -0.1) is 0 Å². The summed E-state index contributed by atoms with van der Waals surface area (Å²) in [4.78, 5) is 8.12. The molecular formula is C9H14N2O3. The van der Waals surface area contributed by atoms with Crippen molar-refractivity contribution < 1.29 is 14.6 Å². The molecule has 5 heteroatoms. The van der Waals surface area contributed by atoms with E-state index in [1.165, 1.54) is 0 Å². The molecule has 1 N–H and O–H groups in total. The highest BCUT2D eigenvalue weighted by Crippen LogP contribution is 2.19. The van der Waals surface area contributed by atoms with Gasteiger partial charge >= 0.3 is 6.01 Å². The molecule has 1 heterocycles. The summed E-state index contributed by atoms with van der Waals surface area (Å²) in [5.74, 6) is 0.505. The molecule has 14 heavy (non-hydrogen) atoms. The van der Waals surface area contributed by atoms with Crippen LogP contribution in [0, 0.1) is 13.8 Å². The summed E-state index contributed by atoms with van der Waals surface area (Å²) in [6.45, 7) is 3.86. The third-order valence-corrected chi connectivity index (χ3v) is 1.84. The minimum atomic E-state index is -0.0569. The Morgan fingerprint density at radius 1 is 1.29 bits per heavy atom. The van der Waals surface area contributed by atoms with Gasteiger partial charge in [0.1, 0.15) is 6.61 Å². The van der Waals surface area contributed by atoms with Crippen molar-refractivity contribution in [3.05, 3.63) is 11.3 Å². The van der Waals surface area contributed by atoms with E-state index in [-0.39, 0.29) is 19.2 Å². The monoisotopic (exact) mass is 198 g/mol. The van der Waals surface area contributed by atoms with E-state index in [0.29, 0.717) is 5.88 Å². The molecule has 1 aromatic rings. The van der Waals surface area contributed by atoms with Crippen molar-refractivity contribution in [2.75, 3.05) is 20.3 Å². The number of methoxy groups -OCH3 is 1. The van der Waals surface area contributed by atoms with Gasteiger partial charge in [0.25, 0.3) is 0 Å². The molecule has 0 atom stereocenters. The van der Waals surface area contributed by atoms with Gasteiger partial charge in [0.2, 0.25) is 5.88 Å². The average molecular weight is 198 g/mol. The van der Waals surface area contributed by atoms with Gasteiger partial charge in [-0.3, -0.25) is 0 Å². The molecule has 1 rings (SSSR count). The summed E-state index contributed by atoms with van der Waals surface area (Å²) < 4.78 is 10.1. The largest absolute Gasteiger partial charge is 0.481 e. The van der Waals surface area contributed by atoms with Gasteiger partial charge in [0.05, 0.1) is 19.4 Å². The van der Waals surface area contributed by atoms with E-state index in [4.69, 9.17) is 14.6 Å². The lowest BCUT2D eigenvalue weighted by Gasteiger charge is -2.08. The number of aryl methyl sites for hydroxylation is 1. The van der Waals surface area contributed by atoms with Crippen molar-refractivity contribution in [2.24, 2.45) is 0 Å². The van der Waals surface area contributed by atoms with Crippen molar-refractivity contribution >= 4 is 0 Å². The molecule has 0 aromatic carbocycles. The van der Waals surface area contributed by atoms with E-state index >= 15 is 0 Å². The Balaban J connectivity index is 2.91. The zero-order valence-electron chi connectivity index (χ0n) is 8.57. The van der Waals surface area contributed by atoms with Crippen LogP contribution in [0.1, 0.15) is 11.3 Å². The zero-order valence-corrected chi connectivity index (χ0v) is 8.57. The molecule has 0 spiro atoms. The lowest BCUT2D eigenvalue weighted by molar-refractivity contribution is 0.189. The number of rotatable bonds is 4. The lowest BCUT2D eigenvalue weighted by Crippen LogP contribution is -2.07. The summed E-state index contributed by atoms with van der Waals surface area (Å²) in [5.41, 5.74) is 1.70. The number of aromatic nitrogens is 2. The van der Waals surface area contributed by atoms with Crippen molar-refractivity contribution in [3.8, 4) is 11.9 Å². The van der Waals surface area contributed by atoms with Crippen LogP contribution >= 0.6 is 0 Å². The molecule has 0 unspecified atom stereocenters. The molecule has 0 amide bonds. The topological polar surface area (TPSA) is 64.5 Å². The zero-order chi connectivity index (χ0) is 10.6. The minimum Gasteiger partial charge on any atom is -0.481 e. The Morgan fingerprint density at radius 2 is 2.00 bits per heavy atom. The normalized spacial score (nSPS) is 10.0. The van der Waals surface area contributed by atoms with Gasteiger partial charge in [0, 0.05) is 5.56 Å². The Hall–Kier alpha value is -1.36. The fourth-order valence-corrected chi connectivity index (χ4v) is 0.978. The maximum absolute atomic E-state index is 8.57. The molecule has 0 saturated carbocycles. The Bertz CT molecular complexity index is 315. The molecule has 0 fully saturated rings. The average Bonchev–Trinajstić information content (AvgIpc) is 2.19. The fraction of sp³-hybridized carbons (Fsp3) is 0.556. The van der Waals surface area contributed by atoms with Crippen molar-refractivity contribution in [2.45, 2.75) is 13.8 Å². The smallest absolute Gasteiger partial charge is 0.320 e. The van der Waals surface area contributed by atoms with Crippen molar-refractivity contribution in [1.29, 1.82) is 0 Å². The first kappa shape index (κ1) is 10.7. The van der Waals surface area contributed by atoms with E-state index < -0.39 is 0 Å². The summed E-state index contributed by atoms with van der Waals surface area (Å²) in [7, 11) is 1.55. The van der Waals surface area contributed by atoms with E-state index in [1.807, 2.05) is 13.8 Å². The lowest BCUT2D eigenvalue weighted by atomic mass is 10.3. The highest BCUT2D eigenvalue weighted by atomic mass is 16.5. The first-order valence-electron chi connectivity index (χ1n) is 4.32. The number of hydrogen-bond acceptors (Lipinski definition) is 5. The van der Waals surface area contributed by atoms with E-state index in [1.54, 1.807) is 7.11 Å². The summed E-state index contributed by atoms with van der Waals surface area (Å²) in [5, 5.41) is 8.57. The summed E-state index contributed by atoms with van der Waals surface area (Å²) in [6.07, 6.45) is 0. The molecule has 0 aliphatic carbocycles. The van der Waals surface area contributed by atoms with Gasteiger partial charge in [0.15, 0.2) is 0 Å². The molecule has 0 bridgehead atoms. The van der Waals surface area contributed by atoms with Crippen LogP contribution in [-0.2, 0) is 0 Å². The Labute approximate surface area is 82.7 Å². The van der Waals surface area contributed by atoms with Crippen molar-refractivity contribution in [3.63, 3.8) is 0 Å². The van der Waals surface area contributed by atoms with E-state index in [9.17, 15) is 0 Å². The van der Waals surface area contributed by atoms with Crippen LogP contribution in [0.15, 0.2) is 0 Å². The van der Waals surface area contributed by atoms with E-state index in [0.717, 1.165) is 11.3 Å². The quantitative estimate of drug-likeness (QED) is 0.762. The number of aliphatic hydroxyl groups is 1. The van der Waals surface area contributed by atoms with Crippen LogP contribution < -0.4 is 9.47 Å². The summed E-state index contributed by atoms with van der Waals surface area (Å²) >= 11 is 0. The van der Waals surface area contributed by atoms with Gasteiger partial charge in [-0.05, 0) is 13.8 Å². The molecule has 5 nitrogen and oxygen atoms in total. The number of hydrogen-bond donors (Lipinski definition) is 1. The second-order valence-electron chi connectivity index (χ2n) is 2.80. The van der Waals surface area contributed by atoms with Gasteiger partial charge < -0.3 is 14.6 Å². The van der Waals surface area contributed by atoms with Crippen LogP contribution in [0.25, 0.3) is 0 Å². The predicted molar refractivity (Wildman–Crippen MR) is 50.6 cm³/mol. The first-order valence-corrected chi connectivity index (χ1v) is 4.32. The van der Waals surface area contributed by atoms with Crippen LogP contribution in [0.4, 0.5) is 0 Å². The predicted octanol–water partition coefficient (Wildman–Crippen LogP) is 0.473. The Kier molecular flexibility index (Phi) is 3.64. The SMILES string of the molecule is COc1nc(OCCO)nc(C)c1C. The number of aliphatic hydroxyl groups excluding tert-OH is 1. The molecule has 1 aromatic heterocycles. The molecule has 0 aliphatic heterocycles. The van der Waals surface area contributed by atoms with Gasteiger partial charge in [-0.1, -0.05) is 0 Å². The minimum absolute atomic E-state index is 0.0569. The maximum atomic E-state index is 8.57. The maximum Gasteiger partial charge on any atom is 0.320 e. The standard InChI is InChI=1S/C9H14N2O3/c1-6-7(2)10-9(14-5-4-12)11-8(6)13-3/h12H,4-5H2,1-3H3. The fourth-order valence-electron chi connectivity index (χ4n) is 0.978. The molecule has 78 valence electrons. The third-order valence-electron chi connectivity index (χ3n) is 1.84. The third kappa shape index (κ3) is 2.32. The van der Waals surface area contributed by atoms with Crippen LogP contribution in [-0.4, -0.2) is 35.4 Å². The van der Waals surface area contributed by atoms with Crippen LogP contribution in [0.3, 0.4) is 0 Å². The molecule has 0 saturated heterocycles. The van der Waals surface area contributed by atoms with Crippen LogP contribution in [0.5, 0.6) is 11.9 Å². The number of nitrogens with zero attached hydrogens (tertiary/aromatic N) is 2. The second kappa shape index (κ2) is 4.76. The number of ether oxygens (including phenoxy) is 2. The Morgan fingerprint density at radius 3 is 2.57 bits per heavy atom. The molecular weight excluding hydrogens is 184 g/mol. The van der Waals surface area contributed by atoms with Crippen LogP contribution in [0.2, 0.25) is 0 Å². The molecule has 0 aliphatic rings. The van der Waals surface area contributed by atoms with Crippen molar-refractivity contribution in [1.82, 2.24) is 9.97 Å². The molecule has 0 radical (unpaired) electrons. The van der Waals surface area contributed by atoms with Gasteiger partial charge in [-0.25, -0.2) is 4.98 Å². The van der Waals surface area contributed by atoms with E-state index in [2.05, 4.69) is 9.97 Å².